The summed E-state index contributed by atoms with van der Waals surface area (Å²) in [6.07, 6.45) is 0.996. The highest BCUT2D eigenvalue weighted by atomic mass is 32.1. The van der Waals surface area contributed by atoms with Crippen molar-refractivity contribution in [2.24, 2.45) is 0 Å². The quantitative estimate of drug-likeness (QED) is 0.945. The third kappa shape index (κ3) is 2.34. The summed E-state index contributed by atoms with van der Waals surface area (Å²) in [7, 11) is 3.29. The van der Waals surface area contributed by atoms with Crippen LogP contribution >= 0.6 is 11.3 Å². The molecule has 1 aromatic carbocycles. The molecule has 0 spiro atoms. The summed E-state index contributed by atoms with van der Waals surface area (Å²) < 4.78 is 11.6. The molecule has 112 valence electrons. The Hall–Kier alpha value is -1.79. The van der Waals surface area contributed by atoms with Gasteiger partial charge in [0.2, 0.25) is 0 Å². The number of ether oxygens (including phenoxy) is 2. The van der Waals surface area contributed by atoms with Crippen LogP contribution in [0.25, 0.3) is 10.1 Å². The minimum Gasteiger partial charge on any atom is -0.496 e. The van der Waals surface area contributed by atoms with Crippen LogP contribution in [0.3, 0.4) is 0 Å². The first-order valence-electron chi connectivity index (χ1n) is 6.82. The van der Waals surface area contributed by atoms with Gasteiger partial charge < -0.3 is 20.1 Å². The van der Waals surface area contributed by atoms with Crippen LogP contribution in [0.5, 0.6) is 5.75 Å². The van der Waals surface area contributed by atoms with Crippen molar-refractivity contribution in [3.05, 3.63) is 23.1 Å². The normalized spacial score (nSPS) is 18.4. The lowest BCUT2D eigenvalue weighted by molar-refractivity contribution is 0.0729. The number of nitrogens with zero attached hydrogens (tertiary/aromatic N) is 1. The number of benzene rings is 1. The first-order valence-corrected chi connectivity index (χ1v) is 7.64. The molecule has 2 aromatic rings. The fourth-order valence-electron chi connectivity index (χ4n) is 2.72. The van der Waals surface area contributed by atoms with Crippen molar-refractivity contribution < 1.29 is 14.3 Å². The maximum Gasteiger partial charge on any atom is 0.266 e. The number of thiophene rings is 1. The Labute approximate surface area is 127 Å². The van der Waals surface area contributed by atoms with Crippen molar-refractivity contribution in [1.82, 2.24) is 4.90 Å². The molecule has 0 radical (unpaired) electrons. The van der Waals surface area contributed by atoms with Gasteiger partial charge >= 0.3 is 0 Å². The molecule has 1 amide bonds. The van der Waals surface area contributed by atoms with Crippen LogP contribution < -0.4 is 10.5 Å². The number of carbonyl (C=O) groups is 1. The van der Waals surface area contributed by atoms with Gasteiger partial charge in [0.25, 0.3) is 5.91 Å². The Morgan fingerprint density at radius 2 is 2.24 bits per heavy atom. The molecule has 1 saturated heterocycles. The van der Waals surface area contributed by atoms with Crippen LogP contribution in [0.4, 0.5) is 5.69 Å². The molecule has 21 heavy (non-hydrogen) atoms. The van der Waals surface area contributed by atoms with E-state index in [1.54, 1.807) is 14.2 Å². The molecule has 0 saturated carbocycles. The predicted molar refractivity (Wildman–Crippen MR) is 84.1 cm³/mol. The fourth-order valence-corrected chi connectivity index (χ4v) is 3.83. The van der Waals surface area contributed by atoms with Gasteiger partial charge in [0.1, 0.15) is 10.6 Å². The Bertz CT molecular complexity index is 683. The van der Waals surface area contributed by atoms with Crippen molar-refractivity contribution in [1.29, 1.82) is 0 Å². The molecule has 1 unspecified atom stereocenters. The lowest BCUT2D eigenvalue weighted by Crippen LogP contribution is -2.29. The molecule has 3 rings (SSSR count). The number of likely N-dealkylation sites (tertiary alicyclic amines) is 1. The first-order chi connectivity index (χ1) is 10.2. The summed E-state index contributed by atoms with van der Waals surface area (Å²) in [5.41, 5.74) is 6.72. The highest BCUT2D eigenvalue weighted by Gasteiger charge is 2.29. The number of rotatable bonds is 3. The summed E-state index contributed by atoms with van der Waals surface area (Å²) in [5.74, 6) is 0.687. The van der Waals surface area contributed by atoms with E-state index >= 15 is 0 Å². The largest absolute Gasteiger partial charge is 0.496 e. The van der Waals surface area contributed by atoms with Crippen LogP contribution in [0, 0.1) is 0 Å². The summed E-state index contributed by atoms with van der Waals surface area (Å²) in [5, 5.41) is 0.829. The van der Waals surface area contributed by atoms with E-state index < -0.39 is 0 Å². The van der Waals surface area contributed by atoms with Crippen LogP contribution in [0.2, 0.25) is 0 Å². The van der Waals surface area contributed by atoms with E-state index in [9.17, 15) is 4.79 Å². The van der Waals surface area contributed by atoms with E-state index in [0.29, 0.717) is 29.4 Å². The minimum absolute atomic E-state index is 0.0182. The van der Waals surface area contributed by atoms with Gasteiger partial charge in [0.15, 0.2) is 0 Å². The smallest absolute Gasteiger partial charge is 0.266 e. The van der Waals surface area contributed by atoms with Gasteiger partial charge in [-0.3, -0.25) is 4.79 Å². The molecular formula is C15H18N2O3S. The highest BCUT2D eigenvalue weighted by Crippen LogP contribution is 2.40. The van der Waals surface area contributed by atoms with E-state index in [2.05, 4.69) is 0 Å². The molecule has 2 heterocycles. The number of nitrogen functional groups attached to an aromatic ring is 1. The second-order valence-corrected chi connectivity index (χ2v) is 6.13. The highest BCUT2D eigenvalue weighted by molar-refractivity contribution is 7.21. The number of fused-ring (bicyclic) bond motifs is 1. The molecular weight excluding hydrogens is 288 g/mol. The SMILES string of the molecule is COc1cccc2sc(C(=O)N3CCC(OC)C3)c(N)c12. The van der Waals surface area contributed by atoms with Crippen molar-refractivity contribution in [2.75, 3.05) is 33.0 Å². The maximum atomic E-state index is 12.7. The van der Waals surface area contributed by atoms with Crippen LogP contribution in [0.15, 0.2) is 18.2 Å². The molecule has 2 N–H and O–H groups in total. The Morgan fingerprint density at radius 1 is 1.43 bits per heavy atom. The van der Waals surface area contributed by atoms with Gasteiger partial charge in [-0.05, 0) is 18.6 Å². The molecule has 1 aliphatic heterocycles. The standard InChI is InChI=1S/C15H18N2O3S/c1-19-9-6-7-17(8-9)15(18)14-13(16)12-10(20-2)4-3-5-11(12)21-14/h3-5,9H,6-8,16H2,1-2H3. The molecule has 5 nitrogen and oxygen atoms in total. The number of methoxy groups -OCH3 is 2. The molecule has 1 fully saturated rings. The summed E-state index contributed by atoms with van der Waals surface area (Å²) in [6, 6.07) is 5.72. The van der Waals surface area contributed by atoms with E-state index in [1.165, 1.54) is 11.3 Å². The lowest BCUT2D eigenvalue weighted by atomic mass is 10.2. The maximum absolute atomic E-state index is 12.7. The zero-order valence-electron chi connectivity index (χ0n) is 12.1. The number of carbonyl (C=O) groups excluding carboxylic acids is 1. The Balaban J connectivity index is 1.98. The fraction of sp³-hybridized carbons (Fsp3) is 0.400. The van der Waals surface area contributed by atoms with Gasteiger partial charge in [-0.25, -0.2) is 0 Å². The number of hydrogen-bond donors (Lipinski definition) is 1. The van der Waals surface area contributed by atoms with E-state index in [4.69, 9.17) is 15.2 Å². The van der Waals surface area contributed by atoms with E-state index in [1.807, 2.05) is 23.1 Å². The second-order valence-electron chi connectivity index (χ2n) is 5.08. The van der Waals surface area contributed by atoms with Crippen molar-refractivity contribution >= 4 is 33.0 Å². The zero-order valence-corrected chi connectivity index (χ0v) is 12.9. The molecule has 6 heteroatoms. The van der Waals surface area contributed by atoms with Crippen molar-refractivity contribution in [2.45, 2.75) is 12.5 Å². The van der Waals surface area contributed by atoms with E-state index in [0.717, 1.165) is 16.5 Å². The average Bonchev–Trinajstić information content (AvgIpc) is 3.11. The van der Waals surface area contributed by atoms with Gasteiger partial charge in [0.05, 0.1) is 24.3 Å². The minimum atomic E-state index is -0.0182. The van der Waals surface area contributed by atoms with Gasteiger partial charge in [0, 0.05) is 24.9 Å². The Morgan fingerprint density at radius 3 is 2.90 bits per heavy atom. The van der Waals surface area contributed by atoms with Crippen LogP contribution in [-0.4, -0.2) is 44.2 Å². The lowest BCUT2D eigenvalue weighted by Gasteiger charge is -2.15. The molecule has 1 aliphatic rings. The molecule has 0 bridgehead atoms. The summed E-state index contributed by atoms with van der Waals surface area (Å²) >= 11 is 1.42. The molecule has 1 aromatic heterocycles. The third-order valence-corrected chi connectivity index (χ3v) is 5.05. The topological polar surface area (TPSA) is 64.8 Å². The van der Waals surface area contributed by atoms with Crippen LogP contribution in [0.1, 0.15) is 16.1 Å². The van der Waals surface area contributed by atoms with Gasteiger partial charge in [-0.2, -0.15) is 0 Å². The number of nitrogens with two attached hydrogens (primary N) is 1. The number of hydrogen-bond acceptors (Lipinski definition) is 5. The van der Waals surface area contributed by atoms with Crippen molar-refractivity contribution in [3.63, 3.8) is 0 Å². The molecule has 0 aliphatic carbocycles. The summed E-state index contributed by atoms with van der Waals surface area (Å²) in [4.78, 5) is 15.1. The van der Waals surface area contributed by atoms with Gasteiger partial charge in [-0.1, -0.05) is 6.07 Å². The van der Waals surface area contributed by atoms with Crippen molar-refractivity contribution in [3.8, 4) is 5.75 Å². The third-order valence-electron chi connectivity index (χ3n) is 3.89. The zero-order chi connectivity index (χ0) is 15.0. The number of anilines is 1. The first kappa shape index (κ1) is 14.2. The van der Waals surface area contributed by atoms with Crippen LogP contribution in [-0.2, 0) is 4.74 Å². The Kier molecular flexibility index (Phi) is 3.73. The second kappa shape index (κ2) is 5.54. The van der Waals surface area contributed by atoms with E-state index in [-0.39, 0.29) is 12.0 Å². The predicted octanol–water partition coefficient (Wildman–Crippen LogP) is 2.35. The summed E-state index contributed by atoms with van der Waals surface area (Å²) in [6.45, 7) is 1.34. The monoisotopic (exact) mass is 306 g/mol. The average molecular weight is 306 g/mol. The van der Waals surface area contributed by atoms with Gasteiger partial charge in [-0.15, -0.1) is 11.3 Å². The number of amides is 1. The molecule has 1 atom stereocenters.